The lowest BCUT2D eigenvalue weighted by Crippen LogP contribution is -2.44. The molecule has 0 spiro atoms. The fourth-order valence-corrected chi connectivity index (χ4v) is 2.95. The predicted molar refractivity (Wildman–Crippen MR) is 79.0 cm³/mol. The molecule has 2 heterocycles. The second-order valence-electron chi connectivity index (χ2n) is 5.29. The summed E-state index contributed by atoms with van der Waals surface area (Å²) < 4.78 is 4.85. The summed E-state index contributed by atoms with van der Waals surface area (Å²) in [5, 5.41) is 0. The van der Waals surface area contributed by atoms with Crippen LogP contribution in [0.15, 0.2) is 42.0 Å². The molecule has 2 aliphatic heterocycles. The number of carbonyl (C=O) groups excluding carboxylic acids is 2. The Morgan fingerprint density at radius 2 is 2.05 bits per heavy atom. The maximum absolute atomic E-state index is 12.8. The van der Waals surface area contributed by atoms with Gasteiger partial charge in [-0.25, -0.2) is 9.59 Å². The number of benzene rings is 1. The molecular formula is C16H18N2O3. The first-order valence-electron chi connectivity index (χ1n) is 7.13. The van der Waals surface area contributed by atoms with Crippen LogP contribution in [-0.4, -0.2) is 43.1 Å². The van der Waals surface area contributed by atoms with E-state index in [1.807, 2.05) is 41.3 Å². The molecule has 1 aromatic carbocycles. The number of nitrogens with zero attached hydrogens (tertiary/aromatic N) is 2. The van der Waals surface area contributed by atoms with E-state index in [0.717, 1.165) is 25.1 Å². The van der Waals surface area contributed by atoms with Crippen molar-refractivity contribution in [1.82, 2.24) is 4.90 Å². The Kier molecular flexibility index (Phi) is 3.64. The van der Waals surface area contributed by atoms with Crippen LogP contribution in [0.4, 0.5) is 10.5 Å². The fraction of sp³-hybridized carbons (Fsp3) is 0.375. The van der Waals surface area contributed by atoms with Crippen molar-refractivity contribution in [2.24, 2.45) is 0 Å². The van der Waals surface area contributed by atoms with E-state index in [2.05, 4.69) is 0 Å². The highest BCUT2D eigenvalue weighted by Crippen LogP contribution is 2.28. The van der Waals surface area contributed by atoms with Crippen LogP contribution in [0.2, 0.25) is 0 Å². The summed E-state index contributed by atoms with van der Waals surface area (Å²) in [6.07, 6.45) is 3.75. The largest absolute Gasteiger partial charge is 0.466 e. The van der Waals surface area contributed by atoms with Crippen LogP contribution in [-0.2, 0) is 9.53 Å². The third-order valence-electron chi connectivity index (χ3n) is 4.01. The molecule has 0 aliphatic carbocycles. The molecule has 2 aliphatic rings. The van der Waals surface area contributed by atoms with Gasteiger partial charge < -0.3 is 9.64 Å². The Morgan fingerprint density at radius 1 is 1.29 bits per heavy atom. The van der Waals surface area contributed by atoms with Crippen LogP contribution in [0.1, 0.15) is 12.8 Å². The minimum Gasteiger partial charge on any atom is -0.466 e. The van der Waals surface area contributed by atoms with Crippen molar-refractivity contribution in [3.8, 4) is 0 Å². The Morgan fingerprint density at radius 3 is 2.76 bits per heavy atom. The number of rotatable bonds is 2. The number of fused-ring (bicyclic) bond motifs is 1. The van der Waals surface area contributed by atoms with Crippen LogP contribution in [0.25, 0.3) is 0 Å². The van der Waals surface area contributed by atoms with Gasteiger partial charge in [0, 0.05) is 12.2 Å². The van der Waals surface area contributed by atoms with E-state index in [4.69, 9.17) is 4.74 Å². The normalized spacial score (nSPS) is 21.7. The Hall–Kier alpha value is -2.30. The van der Waals surface area contributed by atoms with E-state index in [9.17, 15) is 9.59 Å². The summed E-state index contributed by atoms with van der Waals surface area (Å²) >= 11 is 0. The summed E-state index contributed by atoms with van der Waals surface area (Å²) in [5.74, 6) is -0.363. The molecule has 5 nitrogen and oxygen atoms in total. The molecule has 3 rings (SSSR count). The number of esters is 1. The number of ether oxygens (including phenoxy) is 1. The quantitative estimate of drug-likeness (QED) is 0.783. The van der Waals surface area contributed by atoms with E-state index in [1.54, 1.807) is 4.90 Å². The lowest BCUT2D eigenvalue weighted by atomic mass is 10.1. The second-order valence-corrected chi connectivity index (χ2v) is 5.29. The van der Waals surface area contributed by atoms with E-state index in [-0.39, 0.29) is 24.6 Å². The average molecular weight is 286 g/mol. The third-order valence-corrected chi connectivity index (χ3v) is 4.01. The number of carbonyl (C=O) groups is 2. The molecule has 1 saturated heterocycles. The van der Waals surface area contributed by atoms with Crippen molar-refractivity contribution in [2.75, 3.05) is 25.1 Å². The van der Waals surface area contributed by atoms with Gasteiger partial charge in [-0.3, -0.25) is 4.90 Å². The monoisotopic (exact) mass is 286 g/mol. The SMILES string of the molecule is COC(=O)C1=C[C@@H]2CCCN2C(=O)N(c2ccccc2)C1. The molecule has 0 unspecified atom stereocenters. The number of anilines is 1. The standard InChI is InChI=1S/C16H18N2O3/c1-21-15(19)12-10-14-8-5-9-17(14)16(20)18(11-12)13-6-3-2-4-7-13/h2-4,6-7,10,14H,5,8-9,11H2,1H3/t14-/m0/s1. The first-order chi connectivity index (χ1) is 10.2. The summed E-state index contributed by atoms with van der Waals surface area (Å²) in [6.45, 7) is 0.986. The minimum absolute atomic E-state index is 0.000289. The van der Waals surface area contributed by atoms with Gasteiger partial charge in [0.2, 0.25) is 0 Å². The van der Waals surface area contributed by atoms with Gasteiger partial charge >= 0.3 is 12.0 Å². The highest BCUT2D eigenvalue weighted by molar-refractivity contribution is 5.98. The first kappa shape index (κ1) is 13.7. The van der Waals surface area contributed by atoms with Gasteiger partial charge in [0.25, 0.3) is 0 Å². The maximum atomic E-state index is 12.8. The van der Waals surface area contributed by atoms with E-state index in [1.165, 1.54) is 7.11 Å². The number of hydrogen-bond donors (Lipinski definition) is 0. The van der Waals surface area contributed by atoms with Crippen molar-refractivity contribution in [1.29, 1.82) is 0 Å². The summed E-state index contributed by atoms with van der Waals surface area (Å²) in [4.78, 5) is 28.2. The molecule has 2 amide bonds. The van der Waals surface area contributed by atoms with Gasteiger partial charge in [0.1, 0.15) is 0 Å². The molecule has 0 aromatic heterocycles. The van der Waals surface area contributed by atoms with Crippen LogP contribution >= 0.6 is 0 Å². The molecule has 1 fully saturated rings. The number of para-hydroxylation sites is 1. The lowest BCUT2D eigenvalue weighted by molar-refractivity contribution is -0.136. The van der Waals surface area contributed by atoms with Gasteiger partial charge in [-0.2, -0.15) is 0 Å². The van der Waals surface area contributed by atoms with Gasteiger partial charge in [0.15, 0.2) is 0 Å². The molecule has 1 aromatic rings. The highest BCUT2D eigenvalue weighted by Gasteiger charge is 2.36. The summed E-state index contributed by atoms with van der Waals surface area (Å²) in [7, 11) is 1.37. The van der Waals surface area contributed by atoms with Gasteiger partial charge in [-0.05, 0) is 31.1 Å². The topological polar surface area (TPSA) is 49.9 Å². The molecule has 0 radical (unpaired) electrons. The van der Waals surface area contributed by atoms with E-state index >= 15 is 0 Å². The predicted octanol–water partition coefficient (Wildman–Crippen LogP) is 2.19. The summed E-state index contributed by atoms with van der Waals surface area (Å²) in [6, 6.07) is 9.39. The Bertz CT molecular complexity index is 582. The smallest absolute Gasteiger partial charge is 0.335 e. The number of hydrogen-bond acceptors (Lipinski definition) is 3. The zero-order valence-corrected chi connectivity index (χ0v) is 12.0. The first-order valence-corrected chi connectivity index (χ1v) is 7.13. The van der Waals surface area contributed by atoms with Crippen molar-refractivity contribution < 1.29 is 14.3 Å². The van der Waals surface area contributed by atoms with E-state index in [0.29, 0.717) is 5.57 Å². The number of amides is 2. The van der Waals surface area contributed by atoms with Crippen molar-refractivity contribution in [3.63, 3.8) is 0 Å². The van der Waals surface area contributed by atoms with Crippen LogP contribution in [0, 0.1) is 0 Å². The molecule has 0 bridgehead atoms. The zero-order chi connectivity index (χ0) is 14.8. The third kappa shape index (κ3) is 2.51. The molecule has 110 valence electrons. The summed E-state index contributed by atoms with van der Waals surface area (Å²) in [5.41, 5.74) is 1.34. The van der Waals surface area contributed by atoms with Crippen LogP contribution in [0.3, 0.4) is 0 Å². The Balaban J connectivity index is 1.99. The average Bonchev–Trinajstić information content (AvgIpc) is 2.94. The highest BCUT2D eigenvalue weighted by atomic mass is 16.5. The van der Waals surface area contributed by atoms with Gasteiger partial charge in [-0.1, -0.05) is 18.2 Å². The fourth-order valence-electron chi connectivity index (χ4n) is 2.95. The van der Waals surface area contributed by atoms with Crippen molar-refractivity contribution in [2.45, 2.75) is 18.9 Å². The zero-order valence-electron chi connectivity index (χ0n) is 12.0. The number of urea groups is 1. The Labute approximate surface area is 123 Å². The minimum atomic E-state index is -0.363. The van der Waals surface area contributed by atoms with Crippen molar-refractivity contribution >= 4 is 17.7 Å². The molecular weight excluding hydrogens is 268 g/mol. The maximum Gasteiger partial charge on any atom is 0.335 e. The van der Waals surface area contributed by atoms with Crippen LogP contribution < -0.4 is 4.90 Å². The number of methoxy groups -OCH3 is 1. The second kappa shape index (κ2) is 5.60. The van der Waals surface area contributed by atoms with Crippen LogP contribution in [0.5, 0.6) is 0 Å². The molecule has 21 heavy (non-hydrogen) atoms. The van der Waals surface area contributed by atoms with Crippen molar-refractivity contribution in [3.05, 3.63) is 42.0 Å². The lowest BCUT2D eigenvalue weighted by Gasteiger charge is -2.28. The van der Waals surface area contributed by atoms with Gasteiger partial charge in [-0.15, -0.1) is 0 Å². The molecule has 1 atom stereocenters. The van der Waals surface area contributed by atoms with E-state index < -0.39 is 0 Å². The molecule has 5 heteroatoms. The molecule has 0 N–H and O–H groups in total. The van der Waals surface area contributed by atoms with Gasteiger partial charge in [0.05, 0.1) is 25.3 Å². The molecule has 0 saturated carbocycles.